The van der Waals surface area contributed by atoms with Gasteiger partial charge in [0.05, 0.1) is 5.41 Å². The summed E-state index contributed by atoms with van der Waals surface area (Å²) >= 11 is 0. The second-order valence-electron chi connectivity index (χ2n) is 5.81. The molecule has 2 fully saturated rings. The third-order valence-electron chi connectivity index (χ3n) is 4.18. The van der Waals surface area contributed by atoms with E-state index in [-0.39, 0.29) is 24.3 Å². The molecule has 0 aliphatic heterocycles. The Morgan fingerprint density at radius 3 is 2.05 bits per heavy atom. The number of aromatic hydroxyl groups is 1. The number of phenols is 1. The number of hydrogen-bond acceptors (Lipinski definition) is 2. The fourth-order valence-corrected chi connectivity index (χ4v) is 2.72. The van der Waals surface area contributed by atoms with Gasteiger partial charge in [-0.1, -0.05) is 0 Å². The number of phenolic OH excluding ortho intramolecular Hbond substituents is 1. The van der Waals surface area contributed by atoms with E-state index in [0.717, 1.165) is 6.07 Å². The minimum Gasteiger partial charge on any atom is -0.508 e. The average Bonchev–Trinajstić information content (AvgIpc) is 3.20. The lowest BCUT2D eigenvalue weighted by atomic mass is 9.91. The molecule has 2 nitrogen and oxygen atoms in total. The van der Waals surface area contributed by atoms with E-state index in [0.29, 0.717) is 18.9 Å². The summed E-state index contributed by atoms with van der Waals surface area (Å²) in [5.41, 5.74) is -2.57. The molecule has 0 amide bonds. The first-order valence-corrected chi connectivity index (χ1v) is 6.73. The van der Waals surface area contributed by atoms with Gasteiger partial charge in [0.1, 0.15) is 11.5 Å². The Kier molecular flexibility index (Phi) is 3.10. The molecular weight excluding hydrogens is 314 g/mol. The molecule has 22 heavy (non-hydrogen) atoms. The summed E-state index contributed by atoms with van der Waals surface area (Å²) < 4.78 is 80.8. The normalized spacial score (nSPS) is 20.8. The van der Waals surface area contributed by atoms with Gasteiger partial charge in [0.15, 0.2) is 0 Å². The molecule has 8 heteroatoms. The highest BCUT2D eigenvalue weighted by atomic mass is 19.4. The Balaban J connectivity index is 2.11. The van der Waals surface area contributed by atoms with Crippen LogP contribution in [-0.2, 0) is 5.41 Å². The molecule has 1 aromatic rings. The van der Waals surface area contributed by atoms with Gasteiger partial charge < -0.3 is 9.84 Å². The van der Waals surface area contributed by atoms with Gasteiger partial charge in [-0.25, -0.2) is 0 Å². The van der Waals surface area contributed by atoms with Gasteiger partial charge in [0.2, 0.25) is 0 Å². The lowest BCUT2D eigenvalue weighted by Crippen LogP contribution is -2.30. The van der Waals surface area contributed by atoms with E-state index in [1.165, 1.54) is 0 Å². The van der Waals surface area contributed by atoms with Crippen LogP contribution in [0.15, 0.2) is 12.1 Å². The van der Waals surface area contributed by atoms with Crippen LogP contribution in [0.2, 0.25) is 0 Å². The lowest BCUT2D eigenvalue weighted by Gasteiger charge is -2.24. The summed E-state index contributed by atoms with van der Waals surface area (Å²) in [6.07, 6.45) is -8.94. The van der Waals surface area contributed by atoms with Crippen LogP contribution in [-0.4, -0.2) is 17.6 Å². The van der Waals surface area contributed by atoms with Crippen molar-refractivity contribution in [2.75, 3.05) is 0 Å². The van der Waals surface area contributed by atoms with E-state index in [2.05, 4.69) is 4.74 Å². The Labute approximate surface area is 121 Å². The highest BCUT2D eigenvalue weighted by Gasteiger charge is 2.65. The summed E-state index contributed by atoms with van der Waals surface area (Å²) in [6.45, 7) is 0. The summed E-state index contributed by atoms with van der Waals surface area (Å²) in [6, 6.07) is 1.69. The van der Waals surface area contributed by atoms with Crippen molar-refractivity contribution in [3.05, 3.63) is 23.3 Å². The topological polar surface area (TPSA) is 29.5 Å². The van der Waals surface area contributed by atoms with Crippen molar-refractivity contribution in [3.63, 3.8) is 0 Å². The standard InChI is InChI=1S/C14H12F6O2/c15-13(16,17)12(3-4-12)9-5-8(7-1-2-7)10(21)6-11(9)22-14(18,19)20/h5-7,21H,1-4H2. The molecule has 3 rings (SSSR count). The fourth-order valence-electron chi connectivity index (χ4n) is 2.72. The van der Waals surface area contributed by atoms with Crippen LogP contribution in [0.4, 0.5) is 26.3 Å². The molecule has 0 saturated heterocycles. The summed E-state index contributed by atoms with van der Waals surface area (Å²) in [5.74, 6) is -1.52. The summed E-state index contributed by atoms with van der Waals surface area (Å²) in [7, 11) is 0. The molecule has 1 N–H and O–H groups in total. The predicted octanol–water partition coefficient (Wildman–Crippen LogP) is 4.76. The highest BCUT2D eigenvalue weighted by Crippen LogP contribution is 2.62. The molecule has 0 radical (unpaired) electrons. The summed E-state index contributed by atoms with van der Waals surface area (Å²) in [5, 5.41) is 9.78. The zero-order valence-electron chi connectivity index (χ0n) is 11.2. The number of ether oxygens (including phenoxy) is 1. The quantitative estimate of drug-likeness (QED) is 0.811. The van der Waals surface area contributed by atoms with E-state index in [9.17, 15) is 31.4 Å². The van der Waals surface area contributed by atoms with Crippen LogP contribution < -0.4 is 4.74 Å². The molecule has 0 unspecified atom stereocenters. The second-order valence-corrected chi connectivity index (χ2v) is 5.81. The first-order chi connectivity index (χ1) is 10.0. The van der Waals surface area contributed by atoms with Crippen molar-refractivity contribution in [2.45, 2.75) is 49.6 Å². The van der Waals surface area contributed by atoms with Gasteiger partial charge in [-0.05, 0) is 43.2 Å². The van der Waals surface area contributed by atoms with Gasteiger partial charge >= 0.3 is 12.5 Å². The minimum absolute atomic E-state index is 0.0947. The first-order valence-electron chi connectivity index (χ1n) is 6.73. The monoisotopic (exact) mass is 326 g/mol. The average molecular weight is 326 g/mol. The maximum atomic E-state index is 13.2. The largest absolute Gasteiger partial charge is 0.573 e. The van der Waals surface area contributed by atoms with Crippen molar-refractivity contribution < 1.29 is 36.2 Å². The third-order valence-corrected chi connectivity index (χ3v) is 4.18. The first kappa shape index (κ1) is 15.3. The summed E-state index contributed by atoms with van der Waals surface area (Å²) in [4.78, 5) is 0. The van der Waals surface area contributed by atoms with E-state index in [1.54, 1.807) is 0 Å². The van der Waals surface area contributed by atoms with Crippen LogP contribution in [0, 0.1) is 0 Å². The lowest BCUT2D eigenvalue weighted by molar-refractivity contribution is -0.275. The predicted molar refractivity (Wildman–Crippen MR) is 63.7 cm³/mol. The Morgan fingerprint density at radius 2 is 1.64 bits per heavy atom. The molecule has 2 aliphatic rings. The molecule has 0 bridgehead atoms. The zero-order valence-corrected chi connectivity index (χ0v) is 11.2. The molecule has 0 spiro atoms. The Bertz CT molecular complexity index is 597. The number of rotatable bonds is 3. The smallest absolute Gasteiger partial charge is 0.508 e. The van der Waals surface area contributed by atoms with E-state index in [1.807, 2.05) is 0 Å². The fraction of sp³-hybridized carbons (Fsp3) is 0.571. The molecule has 2 aliphatic carbocycles. The van der Waals surface area contributed by atoms with Crippen molar-refractivity contribution >= 4 is 0 Å². The van der Waals surface area contributed by atoms with Gasteiger partial charge in [-0.15, -0.1) is 13.2 Å². The molecule has 122 valence electrons. The van der Waals surface area contributed by atoms with E-state index >= 15 is 0 Å². The maximum absolute atomic E-state index is 13.2. The molecule has 1 aromatic carbocycles. The molecule has 0 heterocycles. The van der Waals surface area contributed by atoms with Crippen molar-refractivity contribution in [2.24, 2.45) is 0 Å². The van der Waals surface area contributed by atoms with Crippen LogP contribution in [0.1, 0.15) is 42.7 Å². The maximum Gasteiger partial charge on any atom is 0.573 e. The molecule has 2 saturated carbocycles. The highest BCUT2D eigenvalue weighted by molar-refractivity contribution is 5.54. The number of halogens is 6. The number of hydrogen-bond donors (Lipinski definition) is 1. The Hall–Kier alpha value is -1.60. The Morgan fingerprint density at radius 1 is 1.05 bits per heavy atom. The molecular formula is C14H12F6O2. The van der Waals surface area contributed by atoms with Crippen LogP contribution in [0.25, 0.3) is 0 Å². The number of alkyl halides is 6. The third kappa shape index (κ3) is 2.59. The van der Waals surface area contributed by atoms with Gasteiger partial charge in [-0.2, -0.15) is 13.2 Å². The van der Waals surface area contributed by atoms with Gasteiger partial charge in [0.25, 0.3) is 0 Å². The zero-order chi connectivity index (χ0) is 16.3. The SMILES string of the molecule is Oc1cc(OC(F)(F)F)c(C2(C(F)(F)F)CC2)cc1C1CC1. The molecule has 0 atom stereocenters. The molecule has 0 aromatic heterocycles. The van der Waals surface area contributed by atoms with Crippen molar-refractivity contribution in [1.82, 2.24) is 0 Å². The van der Waals surface area contributed by atoms with Crippen molar-refractivity contribution in [3.8, 4) is 11.5 Å². The minimum atomic E-state index is -5.12. The van der Waals surface area contributed by atoms with Gasteiger partial charge in [0, 0.05) is 11.6 Å². The van der Waals surface area contributed by atoms with Crippen LogP contribution in [0.5, 0.6) is 11.5 Å². The number of benzene rings is 1. The van der Waals surface area contributed by atoms with Gasteiger partial charge in [-0.3, -0.25) is 0 Å². The van der Waals surface area contributed by atoms with E-state index in [4.69, 9.17) is 0 Å². The van der Waals surface area contributed by atoms with Crippen molar-refractivity contribution in [1.29, 1.82) is 0 Å². The van der Waals surface area contributed by atoms with Crippen LogP contribution in [0.3, 0.4) is 0 Å². The van der Waals surface area contributed by atoms with E-state index < -0.39 is 35.0 Å². The van der Waals surface area contributed by atoms with Crippen LogP contribution >= 0.6 is 0 Å². The second kappa shape index (κ2) is 4.45.